The van der Waals surface area contributed by atoms with Crippen molar-refractivity contribution in [1.29, 1.82) is 0 Å². The van der Waals surface area contributed by atoms with Crippen LogP contribution in [0.3, 0.4) is 0 Å². The van der Waals surface area contributed by atoms with Crippen molar-refractivity contribution in [3.63, 3.8) is 0 Å². The highest BCUT2D eigenvalue weighted by Crippen LogP contribution is 2.22. The van der Waals surface area contributed by atoms with E-state index < -0.39 is 11.5 Å². The number of nitrogens with one attached hydrogen (secondary N) is 1. The van der Waals surface area contributed by atoms with Crippen molar-refractivity contribution >= 4 is 17.7 Å². The molecule has 0 bridgehead atoms. The number of aromatic nitrogens is 2. The molecular formula is C14H25N3O2S. The lowest BCUT2D eigenvalue weighted by Gasteiger charge is -2.28. The van der Waals surface area contributed by atoms with E-state index in [2.05, 4.69) is 10.4 Å². The maximum Gasteiger partial charge on any atom is 0.323 e. The van der Waals surface area contributed by atoms with Crippen molar-refractivity contribution in [3.8, 4) is 0 Å². The summed E-state index contributed by atoms with van der Waals surface area (Å²) in [5.41, 5.74) is 0.156. The Morgan fingerprint density at radius 3 is 2.70 bits per heavy atom. The zero-order valence-corrected chi connectivity index (χ0v) is 13.8. The maximum atomic E-state index is 11.4. The molecule has 6 heteroatoms. The molecular weight excluding hydrogens is 274 g/mol. The van der Waals surface area contributed by atoms with Crippen LogP contribution in [0.2, 0.25) is 0 Å². The first-order valence-electron chi connectivity index (χ1n) is 6.89. The van der Waals surface area contributed by atoms with Crippen LogP contribution < -0.4 is 5.32 Å². The minimum absolute atomic E-state index is 0.156. The molecule has 1 aromatic heterocycles. The van der Waals surface area contributed by atoms with Gasteiger partial charge in [0.2, 0.25) is 0 Å². The summed E-state index contributed by atoms with van der Waals surface area (Å²) >= 11 is 1.72. The molecule has 0 radical (unpaired) electrons. The number of aryl methyl sites for hydroxylation is 2. The molecule has 0 aromatic carbocycles. The van der Waals surface area contributed by atoms with Gasteiger partial charge in [-0.3, -0.25) is 14.8 Å². The lowest BCUT2D eigenvalue weighted by Crippen LogP contribution is -2.52. The highest BCUT2D eigenvalue weighted by molar-refractivity contribution is 7.99. The van der Waals surface area contributed by atoms with Gasteiger partial charge in [0.15, 0.2) is 0 Å². The van der Waals surface area contributed by atoms with Crippen molar-refractivity contribution in [1.82, 2.24) is 15.1 Å². The molecule has 20 heavy (non-hydrogen) atoms. The first-order chi connectivity index (χ1) is 9.24. The predicted molar refractivity (Wildman–Crippen MR) is 82.2 cm³/mol. The number of thioether (sulfide) groups is 1. The van der Waals surface area contributed by atoms with Gasteiger partial charge < -0.3 is 5.11 Å². The molecule has 0 spiro atoms. The fourth-order valence-corrected chi connectivity index (χ4v) is 3.18. The van der Waals surface area contributed by atoms with E-state index in [9.17, 15) is 9.90 Å². The van der Waals surface area contributed by atoms with Gasteiger partial charge >= 0.3 is 5.97 Å². The Balaban J connectivity index is 2.45. The number of hydrogen-bond acceptors (Lipinski definition) is 4. The average Bonchev–Trinajstić information content (AvgIpc) is 2.62. The Bertz CT molecular complexity index is 459. The summed E-state index contributed by atoms with van der Waals surface area (Å²) in [6, 6.07) is 2.21. The normalized spacial score (nSPS) is 14.5. The maximum absolute atomic E-state index is 11.4. The number of hydrogen-bond donors (Lipinski definition) is 2. The molecule has 1 heterocycles. The molecule has 1 rings (SSSR count). The lowest BCUT2D eigenvalue weighted by atomic mass is 9.95. The molecule has 1 atom stereocenters. The molecule has 0 aliphatic carbocycles. The molecule has 0 saturated heterocycles. The van der Waals surface area contributed by atoms with Gasteiger partial charge in [-0.15, -0.1) is 11.8 Å². The van der Waals surface area contributed by atoms with Gasteiger partial charge in [0.05, 0.1) is 10.7 Å². The van der Waals surface area contributed by atoms with Gasteiger partial charge in [0.25, 0.3) is 0 Å². The largest absolute Gasteiger partial charge is 0.480 e. The number of nitrogens with zero attached hydrogens (tertiary/aromatic N) is 2. The molecule has 2 N–H and O–H groups in total. The van der Waals surface area contributed by atoms with E-state index in [-0.39, 0.29) is 6.04 Å². The second-order valence-corrected chi connectivity index (χ2v) is 6.75. The van der Waals surface area contributed by atoms with Gasteiger partial charge in [-0.05, 0) is 52.4 Å². The Morgan fingerprint density at radius 2 is 2.25 bits per heavy atom. The highest BCUT2D eigenvalue weighted by atomic mass is 32.2. The first-order valence-corrected chi connectivity index (χ1v) is 7.87. The number of carboxylic acids is 1. The summed E-state index contributed by atoms with van der Waals surface area (Å²) in [6.45, 7) is 7.66. The van der Waals surface area contributed by atoms with Crippen LogP contribution in [0.15, 0.2) is 11.1 Å². The Kier molecular flexibility index (Phi) is 6.07. The quantitative estimate of drug-likeness (QED) is 0.570. The molecule has 114 valence electrons. The summed E-state index contributed by atoms with van der Waals surface area (Å²) in [4.78, 5) is 11.4. The SMILES string of the molecule is Cc1cc(SCCCC(C)(NC(C)C)C(=O)O)n(C)n1. The molecule has 1 aromatic rings. The summed E-state index contributed by atoms with van der Waals surface area (Å²) in [7, 11) is 1.93. The summed E-state index contributed by atoms with van der Waals surface area (Å²) in [5, 5.41) is 17.9. The van der Waals surface area contributed by atoms with Crippen LogP contribution >= 0.6 is 11.8 Å². The topological polar surface area (TPSA) is 67.2 Å². The Hall–Kier alpha value is -1.01. The van der Waals surface area contributed by atoms with Crippen LogP contribution in [0.1, 0.15) is 39.3 Å². The van der Waals surface area contributed by atoms with E-state index in [1.165, 1.54) is 0 Å². The van der Waals surface area contributed by atoms with Crippen molar-refractivity contribution in [2.75, 3.05) is 5.75 Å². The Morgan fingerprint density at radius 1 is 1.60 bits per heavy atom. The van der Waals surface area contributed by atoms with Crippen LogP contribution in [0.25, 0.3) is 0 Å². The van der Waals surface area contributed by atoms with E-state index in [0.29, 0.717) is 6.42 Å². The number of carbonyl (C=O) groups is 1. The van der Waals surface area contributed by atoms with Crippen molar-refractivity contribution < 1.29 is 9.90 Å². The van der Waals surface area contributed by atoms with E-state index >= 15 is 0 Å². The molecule has 1 unspecified atom stereocenters. The van der Waals surface area contributed by atoms with Crippen molar-refractivity contribution in [3.05, 3.63) is 11.8 Å². The summed E-state index contributed by atoms with van der Waals surface area (Å²) in [5.74, 6) is 0.106. The number of carboxylic acid groups (broad SMARTS) is 1. The molecule has 0 saturated carbocycles. The van der Waals surface area contributed by atoms with Crippen LogP contribution in [0, 0.1) is 6.92 Å². The molecule has 5 nitrogen and oxygen atoms in total. The van der Waals surface area contributed by atoms with Crippen LogP contribution in [-0.2, 0) is 11.8 Å². The smallest absolute Gasteiger partial charge is 0.323 e. The standard InChI is InChI=1S/C14H25N3O2S/c1-10(2)15-14(4,13(18)19)7-6-8-20-12-9-11(3)16-17(12)5/h9-10,15H,6-8H2,1-5H3,(H,18,19). The third kappa shape index (κ3) is 4.83. The highest BCUT2D eigenvalue weighted by Gasteiger charge is 2.32. The first kappa shape index (κ1) is 17.0. The van der Waals surface area contributed by atoms with Gasteiger partial charge in [0.1, 0.15) is 5.54 Å². The summed E-state index contributed by atoms with van der Waals surface area (Å²) < 4.78 is 1.86. The number of rotatable bonds is 8. The fraction of sp³-hybridized carbons (Fsp3) is 0.714. The monoisotopic (exact) mass is 299 g/mol. The number of aliphatic carboxylic acids is 1. The van der Waals surface area contributed by atoms with Crippen molar-refractivity contribution in [2.45, 2.75) is 57.1 Å². The minimum Gasteiger partial charge on any atom is -0.480 e. The third-order valence-corrected chi connectivity index (χ3v) is 4.28. The fourth-order valence-electron chi connectivity index (χ4n) is 2.20. The average molecular weight is 299 g/mol. The van der Waals surface area contributed by atoms with Crippen LogP contribution in [0.4, 0.5) is 0 Å². The third-order valence-electron chi connectivity index (χ3n) is 3.11. The second-order valence-electron chi connectivity index (χ2n) is 5.64. The van der Waals surface area contributed by atoms with Crippen molar-refractivity contribution in [2.24, 2.45) is 7.05 Å². The molecule has 0 amide bonds. The van der Waals surface area contributed by atoms with Gasteiger partial charge in [0, 0.05) is 13.1 Å². The predicted octanol–water partition coefficient (Wildman–Crippen LogP) is 2.44. The van der Waals surface area contributed by atoms with E-state index in [1.54, 1.807) is 18.7 Å². The van der Waals surface area contributed by atoms with E-state index in [4.69, 9.17) is 0 Å². The molecule has 0 fully saturated rings. The molecule has 0 aliphatic rings. The van der Waals surface area contributed by atoms with Crippen LogP contribution in [0.5, 0.6) is 0 Å². The van der Waals surface area contributed by atoms with E-state index in [0.717, 1.165) is 22.9 Å². The lowest BCUT2D eigenvalue weighted by molar-refractivity contribution is -0.144. The van der Waals surface area contributed by atoms with Gasteiger partial charge in [-0.1, -0.05) is 0 Å². The Labute approximate surface area is 125 Å². The van der Waals surface area contributed by atoms with Gasteiger partial charge in [-0.2, -0.15) is 5.10 Å². The second kappa shape index (κ2) is 7.13. The zero-order chi connectivity index (χ0) is 15.3. The summed E-state index contributed by atoms with van der Waals surface area (Å²) in [6.07, 6.45) is 1.46. The minimum atomic E-state index is -0.850. The van der Waals surface area contributed by atoms with E-state index in [1.807, 2.05) is 38.6 Å². The molecule has 0 aliphatic heterocycles. The van der Waals surface area contributed by atoms with Gasteiger partial charge in [-0.25, -0.2) is 0 Å². The zero-order valence-electron chi connectivity index (χ0n) is 12.9. The van der Waals surface area contributed by atoms with Crippen LogP contribution in [-0.4, -0.2) is 38.2 Å².